The minimum Gasteiger partial charge on any atom is -0.454 e. The molecule has 0 aliphatic carbocycles. The molecule has 3 aromatic carbocycles. The van der Waals surface area contributed by atoms with Gasteiger partial charge in [-0.3, -0.25) is 19.7 Å². The zero-order chi connectivity index (χ0) is 26.5. The number of H-pyrrole nitrogens is 1. The van der Waals surface area contributed by atoms with Crippen LogP contribution in [0.25, 0.3) is 10.9 Å². The van der Waals surface area contributed by atoms with E-state index < -0.39 is 29.3 Å². The van der Waals surface area contributed by atoms with Crippen molar-refractivity contribution in [2.24, 2.45) is 11.8 Å². The van der Waals surface area contributed by atoms with Gasteiger partial charge in [-0.25, -0.2) is 4.90 Å². The Bertz CT molecular complexity index is 1750. The lowest BCUT2D eigenvalue weighted by Crippen LogP contribution is -2.53. The van der Waals surface area contributed by atoms with Gasteiger partial charge in [0.25, 0.3) is 0 Å². The van der Waals surface area contributed by atoms with Gasteiger partial charge in [0.1, 0.15) is 5.54 Å². The predicted octanol–water partition coefficient (Wildman–Crippen LogP) is 3.83. The van der Waals surface area contributed by atoms with Crippen LogP contribution >= 0.6 is 15.9 Å². The van der Waals surface area contributed by atoms with E-state index in [1.807, 2.05) is 48.7 Å². The summed E-state index contributed by atoms with van der Waals surface area (Å²) >= 11 is 3.52. The van der Waals surface area contributed by atoms with Crippen LogP contribution in [0.5, 0.6) is 11.5 Å². The molecule has 1 spiro atoms. The predicted molar refractivity (Wildman–Crippen MR) is 145 cm³/mol. The Balaban J connectivity index is 1.28. The molecule has 1 aromatic heterocycles. The van der Waals surface area contributed by atoms with Gasteiger partial charge in [-0.15, -0.1) is 0 Å². The van der Waals surface area contributed by atoms with E-state index in [1.54, 1.807) is 18.2 Å². The fraction of sp³-hybridized carbons (Fsp3) is 0.207. The maximum Gasteiger partial charge on any atom is 0.250 e. The van der Waals surface area contributed by atoms with Crippen molar-refractivity contribution in [3.8, 4) is 11.5 Å². The number of hydrogen-bond donors (Lipinski definition) is 3. The van der Waals surface area contributed by atoms with Crippen molar-refractivity contribution >= 4 is 55.9 Å². The molecule has 9 nitrogen and oxygen atoms in total. The molecule has 4 aromatic rings. The molecule has 3 amide bonds. The Morgan fingerprint density at radius 2 is 1.82 bits per heavy atom. The Hall–Kier alpha value is -4.15. The molecule has 5 heterocycles. The van der Waals surface area contributed by atoms with E-state index >= 15 is 0 Å². The third kappa shape index (κ3) is 3.01. The number of hydrogen-bond acceptors (Lipinski definition) is 6. The van der Waals surface area contributed by atoms with E-state index in [0.29, 0.717) is 34.9 Å². The SMILES string of the molecule is O=C1C2C(Cc3c[nH]c4ccccc34)NC3(C(=O)Nc4ccc(Br)cc43)C2C(=O)N1c1ccc2c(c1)OCO2. The van der Waals surface area contributed by atoms with Gasteiger partial charge in [0, 0.05) is 44.9 Å². The molecule has 39 heavy (non-hydrogen) atoms. The number of aromatic amines is 1. The van der Waals surface area contributed by atoms with Crippen molar-refractivity contribution in [3.05, 3.63) is 82.5 Å². The van der Waals surface area contributed by atoms with E-state index in [9.17, 15) is 14.4 Å². The third-order valence-electron chi connectivity index (χ3n) is 8.41. The fourth-order valence-corrected chi connectivity index (χ4v) is 7.13. The molecule has 4 aliphatic rings. The molecule has 0 saturated carbocycles. The summed E-state index contributed by atoms with van der Waals surface area (Å²) in [5.74, 6) is -1.74. The summed E-state index contributed by atoms with van der Waals surface area (Å²) in [7, 11) is 0. The van der Waals surface area contributed by atoms with Crippen molar-refractivity contribution in [2.75, 3.05) is 17.0 Å². The number of ether oxygens (including phenoxy) is 2. The Morgan fingerprint density at radius 1 is 0.974 bits per heavy atom. The lowest BCUT2D eigenvalue weighted by molar-refractivity contribution is -0.130. The molecule has 194 valence electrons. The molecule has 10 heteroatoms. The zero-order valence-electron chi connectivity index (χ0n) is 20.4. The van der Waals surface area contributed by atoms with Gasteiger partial charge in [-0.05, 0) is 48.4 Å². The number of rotatable bonds is 3. The first-order valence-electron chi connectivity index (χ1n) is 12.7. The van der Waals surface area contributed by atoms with Gasteiger partial charge in [0.15, 0.2) is 11.5 Å². The van der Waals surface area contributed by atoms with E-state index in [4.69, 9.17) is 9.47 Å². The third-order valence-corrected chi connectivity index (χ3v) is 8.90. The minimum absolute atomic E-state index is 0.0808. The molecule has 8 rings (SSSR count). The number of anilines is 2. The Labute approximate surface area is 230 Å². The smallest absolute Gasteiger partial charge is 0.250 e. The molecule has 4 unspecified atom stereocenters. The number of carbonyl (C=O) groups excluding carboxylic acids is 3. The maximum atomic E-state index is 14.3. The first kappa shape index (κ1) is 22.8. The average molecular weight is 585 g/mol. The molecule has 3 N–H and O–H groups in total. The van der Waals surface area contributed by atoms with E-state index in [0.717, 1.165) is 20.9 Å². The Kier molecular flexibility index (Phi) is 4.64. The summed E-state index contributed by atoms with van der Waals surface area (Å²) in [5, 5.41) is 7.52. The van der Waals surface area contributed by atoms with Crippen molar-refractivity contribution in [3.63, 3.8) is 0 Å². The zero-order valence-corrected chi connectivity index (χ0v) is 21.9. The van der Waals surface area contributed by atoms with Crippen LogP contribution in [0.15, 0.2) is 71.3 Å². The highest BCUT2D eigenvalue weighted by atomic mass is 79.9. The molecule has 0 bridgehead atoms. The van der Waals surface area contributed by atoms with Crippen molar-refractivity contribution in [1.82, 2.24) is 10.3 Å². The summed E-state index contributed by atoms with van der Waals surface area (Å²) < 4.78 is 11.7. The van der Waals surface area contributed by atoms with Crippen LogP contribution in [0, 0.1) is 11.8 Å². The number of imide groups is 1. The lowest BCUT2D eigenvalue weighted by Gasteiger charge is -2.29. The average Bonchev–Trinajstić information content (AvgIpc) is 3.73. The summed E-state index contributed by atoms with van der Waals surface area (Å²) in [6.07, 6.45) is 2.39. The molecule has 2 fully saturated rings. The lowest BCUT2D eigenvalue weighted by atomic mass is 9.76. The van der Waals surface area contributed by atoms with Gasteiger partial charge in [0.2, 0.25) is 24.5 Å². The summed E-state index contributed by atoms with van der Waals surface area (Å²) in [4.78, 5) is 46.7. The maximum absolute atomic E-state index is 14.3. The number of halogens is 1. The van der Waals surface area contributed by atoms with Crippen LogP contribution in [0.1, 0.15) is 11.1 Å². The highest BCUT2D eigenvalue weighted by Gasteiger charge is 2.70. The summed E-state index contributed by atoms with van der Waals surface area (Å²) in [5.41, 5.74) is 2.29. The van der Waals surface area contributed by atoms with Gasteiger partial charge < -0.3 is 19.8 Å². The number of fused-ring (bicyclic) bond motifs is 6. The van der Waals surface area contributed by atoms with Crippen molar-refractivity contribution < 1.29 is 23.9 Å². The summed E-state index contributed by atoms with van der Waals surface area (Å²) in [6, 6.07) is 18.0. The second kappa shape index (κ2) is 7.93. The monoisotopic (exact) mass is 584 g/mol. The second-order valence-corrected chi connectivity index (χ2v) is 11.2. The van der Waals surface area contributed by atoms with Crippen LogP contribution in [0.4, 0.5) is 11.4 Å². The van der Waals surface area contributed by atoms with Crippen LogP contribution in [0.3, 0.4) is 0 Å². The van der Waals surface area contributed by atoms with Crippen LogP contribution < -0.4 is 25.0 Å². The number of nitrogens with one attached hydrogen (secondary N) is 3. The molecule has 2 saturated heterocycles. The molecule has 0 radical (unpaired) electrons. The van der Waals surface area contributed by atoms with Crippen LogP contribution in [-0.4, -0.2) is 35.5 Å². The first-order chi connectivity index (χ1) is 19.0. The number of para-hydroxylation sites is 1. The minimum atomic E-state index is -1.39. The van der Waals surface area contributed by atoms with Gasteiger partial charge in [-0.2, -0.15) is 0 Å². The molecule has 4 atom stereocenters. The largest absolute Gasteiger partial charge is 0.454 e. The van der Waals surface area contributed by atoms with E-state index in [2.05, 4.69) is 31.5 Å². The van der Waals surface area contributed by atoms with E-state index in [-0.39, 0.29) is 18.6 Å². The summed E-state index contributed by atoms with van der Waals surface area (Å²) in [6.45, 7) is 0.0808. The topological polar surface area (TPSA) is 113 Å². The number of carbonyl (C=O) groups is 3. The normalized spacial score (nSPS) is 26.5. The van der Waals surface area contributed by atoms with Crippen LogP contribution in [-0.2, 0) is 26.3 Å². The highest BCUT2D eigenvalue weighted by Crippen LogP contribution is 2.54. The number of nitrogens with zero attached hydrogens (tertiary/aromatic N) is 1. The molecular weight excluding hydrogens is 564 g/mol. The Morgan fingerprint density at radius 3 is 2.72 bits per heavy atom. The van der Waals surface area contributed by atoms with Crippen LogP contribution in [0.2, 0.25) is 0 Å². The second-order valence-electron chi connectivity index (χ2n) is 10.3. The van der Waals surface area contributed by atoms with Crippen molar-refractivity contribution in [2.45, 2.75) is 18.0 Å². The van der Waals surface area contributed by atoms with Gasteiger partial charge in [0.05, 0.1) is 17.5 Å². The molecular formula is C29H21BrN4O5. The number of benzene rings is 3. The van der Waals surface area contributed by atoms with Gasteiger partial charge in [-0.1, -0.05) is 34.1 Å². The molecule has 4 aliphatic heterocycles. The fourth-order valence-electron chi connectivity index (χ4n) is 6.77. The van der Waals surface area contributed by atoms with Gasteiger partial charge >= 0.3 is 0 Å². The number of aromatic nitrogens is 1. The quantitative estimate of drug-likeness (QED) is 0.315. The standard InChI is InChI=1S/C29H21BrN4O5/c30-15-5-7-20-18(10-15)29(28(37)32-20)25-24(21(33-29)9-14-12-31-19-4-2-1-3-17(14)19)26(35)34(27(25)36)16-6-8-22-23(11-16)39-13-38-22/h1-8,10-12,21,24-25,31,33H,9,13H2,(H,32,37). The van der Waals surface area contributed by atoms with E-state index in [1.165, 1.54) is 4.90 Å². The highest BCUT2D eigenvalue weighted by molar-refractivity contribution is 9.10. The first-order valence-corrected chi connectivity index (χ1v) is 13.5. The number of amides is 3. The van der Waals surface area contributed by atoms with Crippen molar-refractivity contribution in [1.29, 1.82) is 0 Å².